The molecule has 1 aromatic rings. The van der Waals surface area contributed by atoms with Gasteiger partial charge < -0.3 is 36.8 Å². The third kappa shape index (κ3) is 9.84. The first-order valence-electron chi connectivity index (χ1n) is 9.45. The van der Waals surface area contributed by atoms with Crippen molar-refractivity contribution >= 4 is 31.8 Å². The molecule has 168 valence electrons. The number of benzene rings is 1. The molecule has 0 aliphatic rings. The molecule has 0 fully saturated rings. The lowest BCUT2D eigenvalue weighted by Crippen LogP contribution is -2.51. The monoisotopic (exact) mass is 443 g/mol. The molecule has 3 atom stereocenters. The van der Waals surface area contributed by atoms with E-state index in [1.165, 1.54) is 0 Å². The number of hydrogen-bond acceptors (Lipinski definition) is 6. The second-order valence-electron chi connectivity index (χ2n) is 7.00. The summed E-state index contributed by atoms with van der Waals surface area (Å²) in [4.78, 5) is 44.5. The van der Waals surface area contributed by atoms with E-state index in [1.54, 1.807) is 38.1 Å². The Bertz CT molecular complexity index is 743. The van der Waals surface area contributed by atoms with E-state index in [2.05, 4.69) is 20.5 Å². The minimum Gasteiger partial charge on any atom is -0.352 e. The van der Waals surface area contributed by atoms with Crippen LogP contribution in [0.3, 0.4) is 0 Å². The van der Waals surface area contributed by atoms with Crippen LogP contribution < -0.4 is 27.4 Å². The molecule has 0 saturated heterocycles. The largest absolute Gasteiger partial charge is 0.352 e. The van der Waals surface area contributed by atoms with Crippen molar-refractivity contribution in [2.75, 3.05) is 11.9 Å². The van der Waals surface area contributed by atoms with Crippen LogP contribution in [0, 0.1) is 5.92 Å². The van der Waals surface area contributed by atoms with Crippen molar-refractivity contribution in [3.63, 3.8) is 0 Å². The van der Waals surface area contributed by atoms with Crippen LogP contribution in [0.5, 0.6) is 0 Å². The van der Waals surface area contributed by atoms with Crippen LogP contribution in [0.2, 0.25) is 0 Å². The molecule has 0 aromatic heterocycles. The summed E-state index contributed by atoms with van der Waals surface area (Å²) in [5.74, 6) is -0.989. The predicted octanol–water partition coefficient (Wildman–Crippen LogP) is 0.440. The quantitative estimate of drug-likeness (QED) is 0.200. The van der Waals surface area contributed by atoms with Gasteiger partial charge in [-0.15, -0.1) is 0 Å². The van der Waals surface area contributed by atoms with E-state index in [9.17, 15) is 18.9 Å². The van der Waals surface area contributed by atoms with Gasteiger partial charge in [-0.2, -0.15) is 0 Å². The van der Waals surface area contributed by atoms with Crippen LogP contribution in [-0.2, 0) is 25.3 Å². The lowest BCUT2D eigenvalue weighted by molar-refractivity contribution is -0.128. The number of primary amides is 1. The van der Waals surface area contributed by atoms with Crippen LogP contribution in [0.1, 0.15) is 32.3 Å². The molecular formula is C18H30N5O6P. The first-order valence-corrected chi connectivity index (χ1v) is 10.7. The number of carbonyl (C=O) groups excluding carboxylic acids is 3. The Hall–Kier alpha value is -2.46. The molecule has 0 aliphatic carbocycles. The summed E-state index contributed by atoms with van der Waals surface area (Å²) in [5.41, 5.74) is 12.0. The van der Waals surface area contributed by atoms with Gasteiger partial charge in [0, 0.05) is 12.2 Å². The van der Waals surface area contributed by atoms with Gasteiger partial charge in [0.05, 0.1) is 12.6 Å². The summed E-state index contributed by atoms with van der Waals surface area (Å²) in [6, 6.07) is 4.20. The van der Waals surface area contributed by atoms with Crippen molar-refractivity contribution in [3.8, 4) is 0 Å². The molecule has 8 N–H and O–H groups in total. The maximum atomic E-state index is 12.7. The number of rotatable bonds is 12. The Morgan fingerprint density at radius 3 is 2.33 bits per heavy atom. The lowest BCUT2D eigenvalue weighted by Gasteiger charge is -2.22. The zero-order valence-electron chi connectivity index (χ0n) is 17.0. The second-order valence-corrected chi connectivity index (χ2v) is 7.83. The highest BCUT2D eigenvalue weighted by Crippen LogP contribution is 2.19. The molecule has 0 aliphatic heterocycles. The van der Waals surface area contributed by atoms with E-state index in [0.29, 0.717) is 17.7 Å². The molecule has 4 amide bonds. The Morgan fingerprint density at radius 2 is 1.80 bits per heavy atom. The van der Waals surface area contributed by atoms with Gasteiger partial charge in [0.25, 0.3) is 0 Å². The molecule has 0 spiro atoms. The van der Waals surface area contributed by atoms with Crippen molar-refractivity contribution < 1.29 is 28.4 Å². The number of nitrogens with one attached hydrogen (secondary N) is 3. The van der Waals surface area contributed by atoms with Crippen molar-refractivity contribution in [1.82, 2.24) is 10.6 Å². The van der Waals surface area contributed by atoms with E-state index in [0.717, 1.165) is 0 Å². The highest BCUT2D eigenvalue weighted by atomic mass is 31.1. The molecule has 0 radical (unpaired) electrons. The Balaban J connectivity index is 2.75. The number of anilines is 1. The highest BCUT2D eigenvalue weighted by molar-refractivity contribution is 7.32. The number of nitrogens with two attached hydrogens (primary N) is 2. The molecule has 0 heterocycles. The highest BCUT2D eigenvalue weighted by Gasteiger charge is 2.25. The fraction of sp³-hybridized carbons (Fsp3) is 0.500. The minimum atomic E-state index is -3.02. The summed E-state index contributed by atoms with van der Waals surface area (Å²) in [6.45, 7) is 3.83. The predicted molar refractivity (Wildman–Crippen MR) is 113 cm³/mol. The van der Waals surface area contributed by atoms with Gasteiger partial charge in [0.15, 0.2) is 0 Å². The Kier molecular flexibility index (Phi) is 11.1. The number of hydrogen-bond donors (Lipinski definition) is 6. The number of carbonyl (C=O) groups is 3. The molecule has 1 unspecified atom stereocenters. The van der Waals surface area contributed by atoms with E-state index in [1.807, 2.05) is 0 Å². The zero-order valence-corrected chi connectivity index (χ0v) is 18.0. The number of urea groups is 1. The summed E-state index contributed by atoms with van der Waals surface area (Å²) in [5, 5.41) is 7.79. The van der Waals surface area contributed by atoms with E-state index in [-0.39, 0.29) is 25.5 Å². The lowest BCUT2D eigenvalue weighted by atomic mass is 10.0. The Morgan fingerprint density at radius 1 is 1.17 bits per heavy atom. The third-order valence-corrected chi connectivity index (χ3v) is 4.60. The van der Waals surface area contributed by atoms with Crippen molar-refractivity contribution in [3.05, 3.63) is 29.8 Å². The van der Waals surface area contributed by atoms with Gasteiger partial charge in [-0.25, -0.2) is 4.79 Å². The smallest absolute Gasteiger partial charge is 0.316 e. The van der Waals surface area contributed by atoms with E-state index >= 15 is 0 Å². The van der Waals surface area contributed by atoms with E-state index < -0.39 is 38.2 Å². The first kappa shape index (κ1) is 25.6. The number of amides is 4. The standard InChI is InChI=1S/C18H30N5O6P/c1-11(2)15(19)17(25)23-14(4-3-9-21-18(20)26)16(24)22-13-7-5-12(6-8-13)10-29-30(27)28/h5-8,11,14-15,30H,3-4,9-10,19H2,1-2H3,(H,22,24)(H,23,25)(H,27,28)(H3,20,21,26)/t14-,15-/m0/s1. The normalized spacial score (nSPS) is 13.9. The summed E-state index contributed by atoms with van der Waals surface area (Å²) in [6.07, 6.45) is 0.675. The summed E-state index contributed by atoms with van der Waals surface area (Å²) >= 11 is 0. The van der Waals surface area contributed by atoms with Crippen LogP contribution in [0.15, 0.2) is 24.3 Å². The van der Waals surface area contributed by atoms with Gasteiger partial charge in [-0.05, 0) is 36.5 Å². The van der Waals surface area contributed by atoms with Crippen LogP contribution >= 0.6 is 8.25 Å². The molecule has 1 aromatic carbocycles. The van der Waals surface area contributed by atoms with Crippen LogP contribution in [0.25, 0.3) is 0 Å². The maximum Gasteiger partial charge on any atom is 0.316 e. The Labute approximate surface area is 175 Å². The molecule has 30 heavy (non-hydrogen) atoms. The van der Waals surface area contributed by atoms with Gasteiger partial charge in [-0.3, -0.25) is 14.2 Å². The van der Waals surface area contributed by atoms with E-state index in [4.69, 9.17) is 16.4 Å². The molecule has 1 rings (SSSR count). The summed E-state index contributed by atoms with van der Waals surface area (Å²) < 4.78 is 15.3. The average Bonchev–Trinajstić information content (AvgIpc) is 2.68. The maximum absolute atomic E-state index is 12.7. The molecule has 0 bridgehead atoms. The SMILES string of the molecule is CC(C)[C@H](N)C(=O)N[C@@H](CCCNC(N)=O)C(=O)Nc1ccc(CO[PH](=O)O)cc1. The molecule has 12 heteroatoms. The van der Waals surface area contributed by atoms with Gasteiger partial charge >= 0.3 is 14.3 Å². The molecule has 0 saturated carbocycles. The second kappa shape index (κ2) is 13.0. The average molecular weight is 443 g/mol. The van der Waals surface area contributed by atoms with Crippen LogP contribution in [-0.4, -0.2) is 41.4 Å². The zero-order chi connectivity index (χ0) is 22.7. The van der Waals surface area contributed by atoms with Gasteiger partial charge in [0.1, 0.15) is 6.04 Å². The molecule has 11 nitrogen and oxygen atoms in total. The fourth-order valence-corrected chi connectivity index (χ4v) is 2.71. The topological polar surface area (TPSA) is 186 Å². The van der Waals surface area contributed by atoms with Crippen molar-refractivity contribution in [1.29, 1.82) is 0 Å². The molecular weight excluding hydrogens is 413 g/mol. The third-order valence-electron chi connectivity index (χ3n) is 4.21. The van der Waals surface area contributed by atoms with Gasteiger partial charge in [0.2, 0.25) is 11.8 Å². The summed E-state index contributed by atoms with van der Waals surface area (Å²) in [7, 11) is -3.02. The van der Waals surface area contributed by atoms with Crippen molar-refractivity contribution in [2.45, 2.75) is 45.4 Å². The van der Waals surface area contributed by atoms with Gasteiger partial charge in [-0.1, -0.05) is 26.0 Å². The van der Waals surface area contributed by atoms with Crippen LogP contribution in [0.4, 0.5) is 10.5 Å². The minimum absolute atomic E-state index is 0.0266. The van der Waals surface area contributed by atoms with Crippen molar-refractivity contribution in [2.24, 2.45) is 17.4 Å². The first-order chi connectivity index (χ1) is 14.1. The fourth-order valence-electron chi connectivity index (χ4n) is 2.42.